The Morgan fingerprint density at radius 3 is 2.79 bits per heavy atom. The van der Waals surface area contributed by atoms with Crippen LogP contribution in [0, 0.1) is 6.92 Å². The van der Waals surface area contributed by atoms with E-state index in [1.54, 1.807) is 18.6 Å². The zero-order valence-corrected chi connectivity index (χ0v) is 8.10. The lowest BCUT2D eigenvalue weighted by Gasteiger charge is -2.09. The molecule has 2 rings (SSSR count). The molecule has 0 spiro atoms. The molecule has 2 N–H and O–H groups in total. The monoisotopic (exact) mass is 192 g/mol. The first-order valence-electron chi connectivity index (χ1n) is 4.35. The number of aromatic nitrogens is 4. The number of H-pyrrole nitrogens is 1. The quantitative estimate of drug-likeness (QED) is 0.729. The summed E-state index contributed by atoms with van der Waals surface area (Å²) in [6.07, 6.45) is 4.28. The van der Waals surface area contributed by atoms with Gasteiger partial charge in [-0.15, -0.1) is 0 Å². The molecule has 0 aliphatic rings. The summed E-state index contributed by atoms with van der Waals surface area (Å²) in [5, 5.41) is 16.4. The number of hydrogen-bond acceptors (Lipinski definition) is 3. The van der Waals surface area contributed by atoms with Crippen LogP contribution in [-0.2, 0) is 7.05 Å². The lowest BCUT2D eigenvalue weighted by atomic mass is 10.1. The van der Waals surface area contributed by atoms with Gasteiger partial charge in [-0.1, -0.05) is 0 Å². The minimum atomic E-state index is -0.667. The van der Waals surface area contributed by atoms with E-state index in [-0.39, 0.29) is 0 Å². The van der Waals surface area contributed by atoms with Gasteiger partial charge in [0.15, 0.2) is 0 Å². The number of aliphatic hydroxyl groups excluding tert-OH is 1. The molecule has 1 atom stereocenters. The molecule has 0 radical (unpaired) electrons. The van der Waals surface area contributed by atoms with E-state index in [1.807, 2.05) is 18.5 Å². The lowest BCUT2D eigenvalue weighted by molar-refractivity contribution is 0.211. The SMILES string of the molecule is Cc1ncc(C(O)c2cn[nH]c2)n1C. The number of hydrogen-bond donors (Lipinski definition) is 2. The van der Waals surface area contributed by atoms with Crippen LogP contribution < -0.4 is 0 Å². The maximum atomic E-state index is 9.95. The normalized spacial score (nSPS) is 13.1. The van der Waals surface area contributed by atoms with Crippen LogP contribution in [0.1, 0.15) is 23.2 Å². The Labute approximate surface area is 81.4 Å². The van der Waals surface area contributed by atoms with Crippen molar-refractivity contribution in [3.8, 4) is 0 Å². The smallest absolute Gasteiger partial charge is 0.124 e. The molecule has 0 bridgehead atoms. The minimum absolute atomic E-state index is 0.667. The second kappa shape index (κ2) is 3.26. The Hall–Kier alpha value is -1.62. The molecule has 0 saturated carbocycles. The summed E-state index contributed by atoms with van der Waals surface area (Å²) in [7, 11) is 1.88. The summed E-state index contributed by atoms with van der Waals surface area (Å²) >= 11 is 0. The maximum Gasteiger partial charge on any atom is 0.124 e. The zero-order chi connectivity index (χ0) is 10.1. The molecule has 0 fully saturated rings. The predicted molar refractivity (Wildman–Crippen MR) is 50.6 cm³/mol. The average Bonchev–Trinajstić information content (AvgIpc) is 2.77. The van der Waals surface area contributed by atoms with Crippen molar-refractivity contribution in [2.24, 2.45) is 7.05 Å². The largest absolute Gasteiger partial charge is 0.382 e. The first-order valence-corrected chi connectivity index (χ1v) is 4.35. The highest BCUT2D eigenvalue weighted by molar-refractivity contribution is 5.20. The van der Waals surface area contributed by atoms with E-state index in [0.717, 1.165) is 17.1 Å². The van der Waals surface area contributed by atoms with E-state index in [0.29, 0.717) is 0 Å². The number of nitrogens with zero attached hydrogens (tertiary/aromatic N) is 3. The number of imidazole rings is 1. The van der Waals surface area contributed by atoms with Crippen LogP contribution in [0.25, 0.3) is 0 Å². The van der Waals surface area contributed by atoms with Crippen LogP contribution in [-0.4, -0.2) is 24.9 Å². The van der Waals surface area contributed by atoms with E-state index in [2.05, 4.69) is 15.2 Å². The molecule has 74 valence electrons. The van der Waals surface area contributed by atoms with Crippen molar-refractivity contribution in [2.75, 3.05) is 0 Å². The van der Waals surface area contributed by atoms with Crippen LogP contribution in [0.2, 0.25) is 0 Å². The molecule has 1 unspecified atom stereocenters. The van der Waals surface area contributed by atoms with Gasteiger partial charge in [-0.2, -0.15) is 5.10 Å². The van der Waals surface area contributed by atoms with Crippen molar-refractivity contribution in [2.45, 2.75) is 13.0 Å². The Bertz CT molecular complexity index is 418. The van der Waals surface area contributed by atoms with Gasteiger partial charge in [-0.05, 0) is 6.92 Å². The summed E-state index contributed by atoms with van der Waals surface area (Å²) in [6, 6.07) is 0. The van der Waals surface area contributed by atoms with Crippen molar-refractivity contribution in [1.82, 2.24) is 19.7 Å². The third-order valence-electron chi connectivity index (χ3n) is 2.37. The van der Waals surface area contributed by atoms with E-state index in [4.69, 9.17) is 0 Å². The third kappa shape index (κ3) is 1.31. The molecule has 2 aromatic heterocycles. The van der Waals surface area contributed by atoms with Crippen LogP contribution in [0.4, 0.5) is 0 Å². The van der Waals surface area contributed by atoms with Crippen LogP contribution in [0.15, 0.2) is 18.6 Å². The highest BCUT2D eigenvalue weighted by Gasteiger charge is 2.15. The minimum Gasteiger partial charge on any atom is -0.382 e. The molecular weight excluding hydrogens is 180 g/mol. The summed E-state index contributed by atoms with van der Waals surface area (Å²) in [5.41, 5.74) is 1.51. The van der Waals surface area contributed by atoms with E-state index >= 15 is 0 Å². The van der Waals surface area contributed by atoms with Gasteiger partial charge in [-0.25, -0.2) is 4.98 Å². The van der Waals surface area contributed by atoms with Gasteiger partial charge in [0.05, 0.1) is 18.1 Å². The summed E-state index contributed by atoms with van der Waals surface area (Å²) in [6.45, 7) is 1.89. The molecule has 5 nitrogen and oxygen atoms in total. The van der Waals surface area contributed by atoms with E-state index in [1.165, 1.54) is 0 Å². The molecule has 0 saturated heterocycles. The molecule has 0 aliphatic carbocycles. The molecule has 5 heteroatoms. The Morgan fingerprint density at radius 1 is 1.50 bits per heavy atom. The van der Waals surface area contributed by atoms with Gasteiger partial charge in [-0.3, -0.25) is 5.10 Å². The first-order chi connectivity index (χ1) is 6.70. The van der Waals surface area contributed by atoms with Crippen LogP contribution in [0.5, 0.6) is 0 Å². The molecule has 2 heterocycles. The van der Waals surface area contributed by atoms with Gasteiger partial charge < -0.3 is 9.67 Å². The fourth-order valence-electron chi connectivity index (χ4n) is 1.35. The number of nitrogens with one attached hydrogen (secondary N) is 1. The molecule has 14 heavy (non-hydrogen) atoms. The van der Waals surface area contributed by atoms with Crippen molar-refractivity contribution in [1.29, 1.82) is 0 Å². The molecular formula is C9H12N4O. The van der Waals surface area contributed by atoms with Crippen LogP contribution in [0.3, 0.4) is 0 Å². The number of aliphatic hydroxyl groups is 1. The predicted octanol–water partition coefficient (Wildman–Crippen LogP) is 0.533. The number of aromatic amines is 1. The van der Waals surface area contributed by atoms with Gasteiger partial charge in [0, 0.05) is 18.8 Å². The van der Waals surface area contributed by atoms with Crippen molar-refractivity contribution in [3.63, 3.8) is 0 Å². The summed E-state index contributed by atoms with van der Waals surface area (Å²) < 4.78 is 1.86. The van der Waals surface area contributed by atoms with Crippen molar-refractivity contribution in [3.05, 3.63) is 35.7 Å². The maximum absolute atomic E-state index is 9.95. The van der Waals surface area contributed by atoms with Gasteiger partial charge in [0.2, 0.25) is 0 Å². The third-order valence-corrected chi connectivity index (χ3v) is 2.37. The van der Waals surface area contributed by atoms with E-state index in [9.17, 15) is 5.11 Å². The standard InChI is InChI=1S/C9H12N4O/c1-6-10-5-8(13(6)2)9(14)7-3-11-12-4-7/h3-5,9,14H,1-2H3,(H,11,12). The highest BCUT2D eigenvalue weighted by atomic mass is 16.3. The van der Waals surface area contributed by atoms with Crippen molar-refractivity contribution >= 4 is 0 Å². The Balaban J connectivity index is 2.36. The fourth-order valence-corrected chi connectivity index (χ4v) is 1.35. The second-order valence-electron chi connectivity index (χ2n) is 3.22. The van der Waals surface area contributed by atoms with E-state index < -0.39 is 6.10 Å². The van der Waals surface area contributed by atoms with Crippen molar-refractivity contribution < 1.29 is 5.11 Å². The Kier molecular flexibility index (Phi) is 2.09. The molecule has 0 amide bonds. The molecule has 0 aliphatic heterocycles. The summed E-state index contributed by atoms with van der Waals surface area (Å²) in [5.74, 6) is 0.877. The van der Waals surface area contributed by atoms with Crippen LogP contribution >= 0.6 is 0 Å². The fraction of sp³-hybridized carbons (Fsp3) is 0.333. The first kappa shape index (κ1) is 8.96. The lowest BCUT2D eigenvalue weighted by Crippen LogP contribution is -2.05. The number of aryl methyl sites for hydroxylation is 1. The number of rotatable bonds is 2. The van der Waals surface area contributed by atoms with Gasteiger partial charge >= 0.3 is 0 Å². The van der Waals surface area contributed by atoms with Gasteiger partial charge in [0.25, 0.3) is 0 Å². The average molecular weight is 192 g/mol. The second-order valence-corrected chi connectivity index (χ2v) is 3.22. The zero-order valence-electron chi connectivity index (χ0n) is 8.10. The Morgan fingerprint density at radius 2 is 2.29 bits per heavy atom. The molecule has 2 aromatic rings. The van der Waals surface area contributed by atoms with Gasteiger partial charge in [0.1, 0.15) is 11.9 Å². The topological polar surface area (TPSA) is 66.7 Å². The highest BCUT2D eigenvalue weighted by Crippen LogP contribution is 2.20. The molecule has 0 aromatic carbocycles. The summed E-state index contributed by atoms with van der Waals surface area (Å²) in [4.78, 5) is 4.12.